The Morgan fingerprint density at radius 3 is 2.80 bits per heavy atom. The fourth-order valence-corrected chi connectivity index (χ4v) is 1.00. The van der Waals surface area contributed by atoms with Crippen LogP contribution >= 0.6 is 0 Å². The number of alkyl halides is 2. The van der Waals surface area contributed by atoms with E-state index >= 15 is 0 Å². The van der Waals surface area contributed by atoms with Gasteiger partial charge in [-0.05, 0) is 6.07 Å². The molecule has 0 aliphatic heterocycles. The minimum absolute atomic E-state index is 0.334. The second-order valence-corrected chi connectivity index (χ2v) is 2.71. The fraction of sp³-hybridized carbons (Fsp3) is 0.333. The summed E-state index contributed by atoms with van der Waals surface area (Å²) in [5.41, 5.74) is -1.09. The SMILES string of the molecule is COC(=O)Cc1nccc(C(F)F)c1F. The average molecular weight is 219 g/mol. The molecule has 1 heterocycles. The van der Waals surface area contributed by atoms with Gasteiger partial charge in [-0.3, -0.25) is 9.78 Å². The highest BCUT2D eigenvalue weighted by Crippen LogP contribution is 2.22. The van der Waals surface area contributed by atoms with Gasteiger partial charge < -0.3 is 4.74 Å². The van der Waals surface area contributed by atoms with Crippen molar-refractivity contribution < 1.29 is 22.7 Å². The number of carbonyl (C=O) groups excluding carboxylic acids is 1. The van der Waals surface area contributed by atoms with Crippen molar-refractivity contribution in [2.24, 2.45) is 0 Å². The lowest BCUT2D eigenvalue weighted by Gasteiger charge is -2.05. The van der Waals surface area contributed by atoms with E-state index in [0.717, 1.165) is 19.4 Å². The van der Waals surface area contributed by atoms with Crippen LogP contribution in [0.25, 0.3) is 0 Å². The van der Waals surface area contributed by atoms with Crippen molar-refractivity contribution in [3.63, 3.8) is 0 Å². The highest BCUT2D eigenvalue weighted by molar-refractivity contribution is 5.71. The largest absolute Gasteiger partial charge is 0.469 e. The van der Waals surface area contributed by atoms with E-state index in [4.69, 9.17) is 0 Å². The number of methoxy groups -OCH3 is 1. The van der Waals surface area contributed by atoms with Gasteiger partial charge in [-0.2, -0.15) is 0 Å². The third-order valence-electron chi connectivity index (χ3n) is 1.77. The number of halogens is 3. The molecule has 1 rings (SSSR count). The molecule has 0 aromatic carbocycles. The van der Waals surface area contributed by atoms with E-state index in [2.05, 4.69) is 9.72 Å². The van der Waals surface area contributed by atoms with Crippen LogP contribution in [-0.4, -0.2) is 18.1 Å². The second kappa shape index (κ2) is 4.77. The van der Waals surface area contributed by atoms with E-state index in [-0.39, 0.29) is 5.69 Å². The van der Waals surface area contributed by atoms with Gasteiger partial charge in [0.15, 0.2) is 5.82 Å². The van der Waals surface area contributed by atoms with Crippen molar-refractivity contribution in [2.45, 2.75) is 12.8 Å². The highest BCUT2D eigenvalue weighted by atomic mass is 19.3. The number of rotatable bonds is 3. The van der Waals surface area contributed by atoms with Gasteiger partial charge in [0.2, 0.25) is 0 Å². The molecule has 0 N–H and O–H groups in total. The Hall–Kier alpha value is -1.59. The predicted octanol–water partition coefficient (Wildman–Crippen LogP) is 1.87. The van der Waals surface area contributed by atoms with Crippen molar-refractivity contribution in [3.05, 3.63) is 29.3 Å². The van der Waals surface area contributed by atoms with Crippen molar-refractivity contribution in [3.8, 4) is 0 Å². The van der Waals surface area contributed by atoms with Gasteiger partial charge in [-0.15, -0.1) is 0 Å². The summed E-state index contributed by atoms with van der Waals surface area (Å²) < 4.78 is 42.0. The molecule has 0 aliphatic rings. The summed E-state index contributed by atoms with van der Waals surface area (Å²) in [7, 11) is 1.12. The highest BCUT2D eigenvalue weighted by Gasteiger charge is 2.18. The molecule has 15 heavy (non-hydrogen) atoms. The first-order chi connectivity index (χ1) is 7.06. The molecule has 1 aromatic heterocycles. The molecule has 0 aliphatic carbocycles. The van der Waals surface area contributed by atoms with Crippen molar-refractivity contribution >= 4 is 5.97 Å². The van der Waals surface area contributed by atoms with Gasteiger partial charge >= 0.3 is 5.97 Å². The number of aromatic nitrogens is 1. The third-order valence-corrected chi connectivity index (χ3v) is 1.77. The molecular weight excluding hydrogens is 211 g/mol. The van der Waals surface area contributed by atoms with Gasteiger partial charge in [0.25, 0.3) is 6.43 Å². The van der Waals surface area contributed by atoms with Gasteiger partial charge in [-0.25, -0.2) is 13.2 Å². The van der Waals surface area contributed by atoms with E-state index in [0.29, 0.717) is 0 Å². The lowest BCUT2D eigenvalue weighted by atomic mass is 10.2. The molecule has 3 nitrogen and oxygen atoms in total. The van der Waals surface area contributed by atoms with Crippen LogP contribution in [0.3, 0.4) is 0 Å². The first-order valence-electron chi connectivity index (χ1n) is 4.04. The number of hydrogen-bond donors (Lipinski definition) is 0. The molecule has 0 unspecified atom stereocenters. The molecule has 0 spiro atoms. The Labute approximate surface area is 83.9 Å². The molecule has 1 aromatic rings. The van der Waals surface area contributed by atoms with Crippen LogP contribution in [0.1, 0.15) is 17.7 Å². The Morgan fingerprint density at radius 1 is 1.60 bits per heavy atom. The standard InChI is InChI=1S/C9H8F3NO2/c1-15-7(14)4-6-8(10)5(9(11)12)2-3-13-6/h2-3,9H,4H2,1H3. The lowest BCUT2D eigenvalue weighted by molar-refractivity contribution is -0.139. The number of hydrogen-bond acceptors (Lipinski definition) is 3. The first-order valence-corrected chi connectivity index (χ1v) is 4.04. The topological polar surface area (TPSA) is 39.2 Å². The molecule has 0 atom stereocenters. The first kappa shape index (κ1) is 11.5. The molecule has 0 amide bonds. The van der Waals surface area contributed by atoms with Gasteiger partial charge in [-0.1, -0.05) is 0 Å². The van der Waals surface area contributed by atoms with Crippen LogP contribution < -0.4 is 0 Å². The van der Waals surface area contributed by atoms with Crippen molar-refractivity contribution in [2.75, 3.05) is 7.11 Å². The zero-order chi connectivity index (χ0) is 11.4. The van der Waals surface area contributed by atoms with E-state index in [1.165, 1.54) is 0 Å². The summed E-state index contributed by atoms with van der Waals surface area (Å²) in [5, 5.41) is 0. The summed E-state index contributed by atoms with van der Waals surface area (Å²) in [6.07, 6.45) is -2.35. The molecule has 0 fully saturated rings. The molecule has 0 radical (unpaired) electrons. The van der Waals surface area contributed by atoms with Crippen LogP contribution in [0.4, 0.5) is 13.2 Å². The van der Waals surface area contributed by atoms with Gasteiger partial charge in [0, 0.05) is 6.20 Å². The number of nitrogens with zero attached hydrogens (tertiary/aromatic N) is 1. The summed E-state index contributed by atoms with van der Waals surface area (Å²) in [5.74, 6) is -1.88. The van der Waals surface area contributed by atoms with Crippen LogP contribution in [0.2, 0.25) is 0 Å². The molecular formula is C9H8F3NO2. The Bertz CT molecular complexity index is 368. The number of pyridine rings is 1. The zero-order valence-electron chi connectivity index (χ0n) is 7.84. The molecule has 0 saturated carbocycles. The van der Waals surface area contributed by atoms with E-state index in [9.17, 15) is 18.0 Å². The van der Waals surface area contributed by atoms with Crippen LogP contribution in [0, 0.1) is 5.82 Å². The summed E-state index contributed by atoms with van der Waals surface area (Å²) >= 11 is 0. The van der Waals surface area contributed by atoms with Crippen LogP contribution in [0.5, 0.6) is 0 Å². The molecule has 82 valence electrons. The maximum atomic E-state index is 13.3. The third kappa shape index (κ3) is 2.68. The number of esters is 1. The normalized spacial score (nSPS) is 10.5. The Morgan fingerprint density at radius 2 is 2.27 bits per heavy atom. The number of ether oxygens (including phenoxy) is 1. The molecule has 0 saturated heterocycles. The minimum Gasteiger partial charge on any atom is -0.469 e. The van der Waals surface area contributed by atoms with Gasteiger partial charge in [0.1, 0.15) is 0 Å². The summed E-state index contributed by atoms with van der Waals surface area (Å²) in [6.45, 7) is 0. The monoisotopic (exact) mass is 219 g/mol. The second-order valence-electron chi connectivity index (χ2n) is 2.71. The van der Waals surface area contributed by atoms with Crippen molar-refractivity contribution in [1.82, 2.24) is 4.98 Å². The lowest BCUT2D eigenvalue weighted by Crippen LogP contribution is -2.09. The summed E-state index contributed by atoms with van der Waals surface area (Å²) in [4.78, 5) is 14.3. The molecule has 6 heteroatoms. The van der Waals surface area contributed by atoms with E-state index in [1.807, 2.05) is 0 Å². The fourth-order valence-electron chi connectivity index (χ4n) is 1.00. The molecule has 0 bridgehead atoms. The van der Waals surface area contributed by atoms with Crippen LogP contribution in [-0.2, 0) is 16.0 Å². The van der Waals surface area contributed by atoms with Gasteiger partial charge in [0.05, 0.1) is 24.8 Å². The van der Waals surface area contributed by atoms with E-state index in [1.54, 1.807) is 0 Å². The Kier molecular flexibility index (Phi) is 3.65. The quantitative estimate of drug-likeness (QED) is 0.728. The Balaban J connectivity index is 2.99. The minimum atomic E-state index is -2.93. The maximum absolute atomic E-state index is 13.3. The maximum Gasteiger partial charge on any atom is 0.311 e. The summed E-state index contributed by atoms with van der Waals surface area (Å²) in [6, 6.07) is 0.876. The predicted molar refractivity (Wildman–Crippen MR) is 44.9 cm³/mol. The van der Waals surface area contributed by atoms with E-state index < -0.39 is 30.2 Å². The van der Waals surface area contributed by atoms with Crippen molar-refractivity contribution in [1.29, 1.82) is 0 Å². The number of carbonyl (C=O) groups is 1. The smallest absolute Gasteiger partial charge is 0.311 e. The average Bonchev–Trinajstić information content (AvgIpc) is 2.20. The van der Waals surface area contributed by atoms with Crippen LogP contribution in [0.15, 0.2) is 12.3 Å². The zero-order valence-corrected chi connectivity index (χ0v) is 7.84.